The minimum absolute atomic E-state index is 0.562. The van der Waals surface area contributed by atoms with Crippen molar-refractivity contribution in [3.8, 4) is 0 Å². The highest BCUT2D eigenvalue weighted by molar-refractivity contribution is 7.98. The molecule has 0 aliphatic heterocycles. The predicted molar refractivity (Wildman–Crippen MR) is 51.1 cm³/mol. The van der Waals surface area contributed by atoms with Gasteiger partial charge < -0.3 is 0 Å². The van der Waals surface area contributed by atoms with Gasteiger partial charge in [0.05, 0.1) is 5.25 Å². The minimum atomic E-state index is 0.562. The molecular formula is C7H12N2S2. The summed E-state index contributed by atoms with van der Waals surface area (Å²) in [6.07, 6.45) is 4.54. The largest absolute Gasteiger partial charge is 0.155 e. The zero-order chi connectivity index (χ0) is 8.10. The normalized spacial score (nSPS) is 13.3. The van der Waals surface area contributed by atoms with Crippen molar-refractivity contribution in [1.29, 1.82) is 0 Å². The fourth-order valence-electron chi connectivity index (χ4n) is 0.926. The summed E-state index contributed by atoms with van der Waals surface area (Å²) < 4.78 is 0. The molecule has 1 atom stereocenters. The molecule has 0 saturated heterocycles. The summed E-state index contributed by atoms with van der Waals surface area (Å²) in [7, 11) is 0. The zero-order valence-electron chi connectivity index (χ0n) is 6.78. The minimum Gasteiger partial charge on any atom is -0.155 e. The molecule has 0 radical (unpaired) electrons. The molecule has 0 aliphatic rings. The Bertz CT molecular complexity index is 186. The van der Waals surface area contributed by atoms with E-state index in [-0.39, 0.29) is 0 Å². The number of aromatic nitrogens is 2. The van der Waals surface area contributed by atoms with E-state index in [2.05, 4.69) is 23.4 Å². The summed E-state index contributed by atoms with van der Waals surface area (Å²) in [5, 5.41) is 9.61. The molecule has 2 nitrogen and oxygen atoms in total. The lowest BCUT2D eigenvalue weighted by atomic mass is 10.2. The molecule has 0 bridgehead atoms. The Morgan fingerprint density at radius 3 is 3.00 bits per heavy atom. The van der Waals surface area contributed by atoms with Crippen LogP contribution in [-0.2, 0) is 0 Å². The van der Waals surface area contributed by atoms with Gasteiger partial charge in [0, 0.05) is 0 Å². The zero-order valence-corrected chi connectivity index (χ0v) is 8.41. The molecule has 0 saturated carbocycles. The highest BCUT2D eigenvalue weighted by Gasteiger charge is 2.11. The van der Waals surface area contributed by atoms with Gasteiger partial charge in [-0.1, -0.05) is 13.3 Å². The van der Waals surface area contributed by atoms with Crippen LogP contribution in [0.1, 0.15) is 30.0 Å². The summed E-state index contributed by atoms with van der Waals surface area (Å²) in [5.41, 5.74) is 1.80. The van der Waals surface area contributed by atoms with Gasteiger partial charge in [-0.05, 0) is 12.7 Å². The van der Waals surface area contributed by atoms with Crippen molar-refractivity contribution in [3.05, 3.63) is 10.5 Å². The number of nitrogens with zero attached hydrogens (tertiary/aromatic N) is 2. The molecule has 62 valence electrons. The van der Waals surface area contributed by atoms with Crippen molar-refractivity contribution in [1.82, 2.24) is 10.2 Å². The van der Waals surface area contributed by atoms with E-state index in [0.29, 0.717) is 5.25 Å². The lowest BCUT2D eigenvalue weighted by Crippen LogP contribution is -1.91. The second-order valence-electron chi connectivity index (χ2n) is 2.29. The van der Waals surface area contributed by atoms with Crippen LogP contribution < -0.4 is 0 Å². The summed E-state index contributed by atoms with van der Waals surface area (Å²) in [5.74, 6) is 0. The molecule has 1 aromatic rings. The van der Waals surface area contributed by atoms with Crippen molar-refractivity contribution >= 4 is 23.1 Å². The maximum absolute atomic E-state index is 4.05. The van der Waals surface area contributed by atoms with E-state index in [1.165, 1.54) is 17.8 Å². The summed E-state index contributed by atoms with van der Waals surface area (Å²) in [6.45, 7) is 2.20. The highest BCUT2D eigenvalue weighted by Crippen LogP contribution is 2.31. The molecule has 0 aliphatic carbocycles. The molecule has 1 unspecified atom stereocenters. The van der Waals surface area contributed by atoms with Gasteiger partial charge in [0.15, 0.2) is 0 Å². The van der Waals surface area contributed by atoms with Crippen molar-refractivity contribution in [2.45, 2.75) is 25.0 Å². The van der Waals surface area contributed by atoms with E-state index in [9.17, 15) is 0 Å². The Kier molecular flexibility index (Phi) is 3.86. The topological polar surface area (TPSA) is 25.8 Å². The van der Waals surface area contributed by atoms with E-state index in [1.807, 2.05) is 11.8 Å². The highest BCUT2D eigenvalue weighted by atomic mass is 32.2. The van der Waals surface area contributed by atoms with Gasteiger partial charge in [0.1, 0.15) is 10.5 Å². The van der Waals surface area contributed by atoms with Crippen molar-refractivity contribution in [3.63, 3.8) is 0 Å². The molecule has 0 amide bonds. The Balaban J connectivity index is 2.56. The Hall–Kier alpha value is -0.0900. The quantitative estimate of drug-likeness (QED) is 0.726. The maximum atomic E-state index is 4.05. The van der Waals surface area contributed by atoms with Crippen molar-refractivity contribution in [2.24, 2.45) is 0 Å². The molecule has 4 heteroatoms. The Labute approximate surface area is 75.4 Å². The number of hydrogen-bond acceptors (Lipinski definition) is 4. The summed E-state index contributed by atoms with van der Waals surface area (Å²) >= 11 is 3.51. The van der Waals surface area contributed by atoms with E-state index in [4.69, 9.17) is 0 Å². The van der Waals surface area contributed by atoms with Crippen LogP contribution in [0.25, 0.3) is 0 Å². The van der Waals surface area contributed by atoms with Crippen LogP contribution in [0.2, 0.25) is 0 Å². The van der Waals surface area contributed by atoms with Crippen LogP contribution >= 0.6 is 23.1 Å². The van der Waals surface area contributed by atoms with E-state index < -0.39 is 0 Å². The van der Waals surface area contributed by atoms with Gasteiger partial charge in [-0.3, -0.25) is 0 Å². The first-order chi connectivity index (χ1) is 5.38. The molecule has 1 aromatic heterocycles. The van der Waals surface area contributed by atoms with Crippen LogP contribution in [0.5, 0.6) is 0 Å². The molecule has 0 spiro atoms. The van der Waals surface area contributed by atoms with Crippen molar-refractivity contribution < 1.29 is 0 Å². The monoisotopic (exact) mass is 188 g/mol. The number of rotatable bonds is 4. The fraction of sp³-hybridized carbons (Fsp3) is 0.714. The van der Waals surface area contributed by atoms with Gasteiger partial charge in [0.2, 0.25) is 0 Å². The second-order valence-corrected chi connectivity index (χ2v) is 4.20. The Morgan fingerprint density at radius 1 is 1.73 bits per heavy atom. The first-order valence-electron chi connectivity index (χ1n) is 3.67. The van der Waals surface area contributed by atoms with Crippen LogP contribution in [0.4, 0.5) is 0 Å². The van der Waals surface area contributed by atoms with Gasteiger partial charge in [-0.2, -0.15) is 11.8 Å². The third-order valence-electron chi connectivity index (χ3n) is 1.49. The van der Waals surface area contributed by atoms with Crippen molar-refractivity contribution in [2.75, 3.05) is 6.26 Å². The van der Waals surface area contributed by atoms with Gasteiger partial charge in [-0.15, -0.1) is 21.5 Å². The molecule has 0 aromatic carbocycles. The first-order valence-corrected chi connectivity index (χ1v) is 5.84. The van der Waals surface area contributed by atoms with E-state index in [1.54, 1.807) is 16.8 Å². The summed E-state index contributed by atoms with van der Waals surface area (Å²) in [6, 6.07) is 0. The van der Waals surface area contributed by atoms with Crippen LogP contribution in [0.3, 0.4) is 0 Å². The lowest BCUT2D eigenvalue weighted by molar-refractivity contribution is 0.765. The van der Waals surface area contributed by atoms with Gasteiger partial charge in [-0.25, -0.2) is 0 Å². The summed E-state index contributed by atoms with van der Waals surface area (Å²) in [4.78, 5) is 0. The first kappa shape index (κ1) is 9.00. The fourth-order valence-corrected chi connectivity index (χ4v) is 2.67. The van der Waals surface area contributed by atoms with Crippen LogP contribution in [0.15, 0.2) is 5.51 Å². The van der Waals surface area contributed by atoms with Crippen LogP contribution in [0, 0.1) is 0 Å². The molecule has 11 heavy (non-hydrogen) atoms. The second kappa shape index (κ2) is 4.72. The molecule has 0 fully saturated rings. The van der Waals surface area contributed by atoms with Gasteiger partial charge >= 0.3 is 0 Å². The van der Waals surface area contributed by atoms with E-state index in [0.717, 1.165) is 0 Å². The van der Waals surface area contributed by atoms with Crippen LogP contribution in [-0.4, -0.2) is 16.5 Å². The maximum Gasteiger partial charge on any atom is 0.130 e. The Morgan fingerprint density at radius 2 is 2.55 bits per heavy atom. The molecular weight excluding hydrogens is 176 g/mol. The molecule has 1 rings (SSSR count). The molecule has 1 heterocycles. The third kappa shape index (κ3) is 2.45. The number of thioether (sulfide) groups is 1. The predicted octanol–water partition coefficient (Wildman–Crippen LogP) is 2.74. The van der Waals surface area contributed by atoms with Gasteiger partial charge in [0.25, 0.3) is 0 Å². The molecule has 0 N–H and O–H groups in total. The number of hydrogen-bond donors (Lipinski definition) is 0. The smallest absolute Gasteiger partial charge is 0.130 e. The third-order valence-corrected chi connectivity index (χ3v) is 3.47. The van der Waals surface area contributed by atoms with E-state index >= 15 is 0 Å². The average Bonchev–Trinajstić information content (AvgIpc) is 2.52. The standard InChI is InChI=1S/C7H12N2S2/c1-3-4-6(10-2)7-9-8-5-11-7/h5-6H,3-4H2,1-2H3. The average molecular weight is 188 g/mol. The lowest BCUT2D eigenvalue weighted by Gasteiger charge is -2.07. The SMILES string of the molecule is CCCC(SC)c1nncs1.